The lowest BCUT2D eigenvalue weighted by Crippen LogP contribution is -2.44. The SMILES string of the molecule is CC(C)CNCc1cccc(CN2CC(C)OC(C)C2)n1. The van der Waals surface area contributed by atoms with Crippen LogP contribution in [0.5, 0.6) is 0 Å². The standard InChI is InChI=1S/C17H29N3O/c1-13(2)8-18-9-16-6-5-7-17(19-16)12-20-10-14(3)21-15(4)11-20/h5-7,13-15,18H,8-12H2,1-4H3. The molecule has 0 radical (unpaired) electrons. The molecule has 1 aliphatic rings. The molecule has 1 aromatic rings. The molecule has 1 fully saturated rings. The second-order valence-electron chi connectivity index (χ2n) is 6.60. The van der Waals surface area contributed by atoms with Gasteiger partial charge in [-0.2, -0.15) is 0 Å². The fraction of sp³-hybridized carbons (Fsp3) is 0.706. The molecule has 21 heavy (non-hydrogen) atoms. The van der Waals surface area contributed by atoms with E-state index in [1.807, 2.05) is 0 Å². The number of hydrogen-bond donors (Lipinski definition) is 1. The molecule has 0 spiro atoms. The van der Waals surface area contributed by atoms with E-state index in [0.29, 0.717) is 18.1 Å². The van der Waals surface area contributed by atoms with Gasteiger partial charge in [0.05, 0.1) is 23.6 Å². The topological polar surface area (TPSA) is 37.4 Å². The fourth-order valence-electron chi connectivity index (χ4n) is 2.85. The Morgan fingerprint density at radius 2 is 1.90 bits per heavy atom. The molecule has 0 aromatic carbocycles. The molecule has 1 N–H and O–H groups in total. The predicted octanol–water partition coefficient (Wildman–Crippen LogP) is 2.44. The van der Waals surface area contributed by atoms with Crippen LogP contribution in [0.25, 0.3) is 0 Å². The molecule has 2 rings (SSSR count). The Bertz CT molecular complexity index is 426. The molecule has 1 saturated heterocycles. The summed E-state index contributed by atoms with van der Waals surface area (Å²) in [5.41, 5.74) is 2.28. The summed E-state index contributed by atoms with van der Waals surface area (Å²) >= 11 is 0. The van der Waals surface area contributed by atoms with Gasteiger partial charge in [0, 0.05) is 26.2 Å². The van der Waals surface area contributed by atoms with Gasteiger partial charge in [0.1, 0.15) is 0 Å². The molecule has 1 aromatic heterocycles. The number of pyridine rings is 1. The Labute approximate surface area is 128 Å². The highest BCUT2D eigenvalue weighted by Crippen LogP contribution is 2.13. The summed E-state index contributed by atoms with van der Waals surface area (Å²) in [7, 11) is 0. The number of ether oxygens (including phenoxy) is 1. The molecule has 2 unspecified atom stereocenters. The van der Waals surface area contributed by atoms with Crippen LogP contribution in [0.1, 0.15) is 39.1 Å². The van der Waals surface area contributed by atoms with Gasteiger partial charge < -0.3 is 10.1 Å². The average molecular weight is 291 g/mol. The zero-order valence-electron chi connectivity index (χ0n) is 13.8. The van der Waals surface area contributed by atoms with E-state index in [2.05, 4.69) is 56.1 Å². The van der Waals surface area contributed by atoms with Crippen LogP contribution < -0.4 is 5.32 Å². The zero-order valence-corrected chi connectivity index (χ0v) is 13.8. The van der Waals surface area contributed by atoms with Crippen molar-refractivity contribution < 1.29 is 4.74 Å². The Morgan fingerprint density at radius 3 is 2.57 bits per heavy atom. The van der Waals surface area contributed by atoms with Gasteiger partial charge in [0.2, 0.25) is 0 Å². The predicted molar refractivity (Wildman–Crippen MR) is 86.1 cm³/mol. The third kappa shape index (κ3) is 5.73. The fourth-order valence-corrected chi connectivity index (χ4v) is 2.85. The highest BCUT2D eigenvalue weighted by molar-refractivity contribution is 5.11. The van der Waals surface area contributed by atoms with Crippen LogP contribution in [0.3, 0.4) is 0 Å². The van der Waals surface area contributed by atoms with Crippen molar-refractivity contribution in [2.75, 3.05) is 19.6 Å². The summed E-state index contributed by atoms with van der Waals surface area (Å²) in [6, 6.07) is 6.33. The van der Waals surface area contributed by atoms with Gasteiger partial charge in [-0.15, -0.1) is 0 Å². The van der Waals surface area contributed by atoms with Gasteiger partial charge in [-0.25, -0.2) is 0 Å². The number of morpholine rings is 1. The highest BCUT2D eigenvalue weighted by atomic mass is 16.5. The van der Waals surface area contributed by atoms with Gasteiger partial charge in [-0.3, -0.25) is 9.88 Å². The Kier molecular flexibility index (Phi) is 6.15. The van der Waals surface area contributed by atoms with Gasteiger partial charge >= 0.3 is 0 Å². The minimum absolute atomic E-state index is 0.310. The van der Waals surface area contributed by atoms with Crippen molar-refractivity contribution in [3.8, 4) is 0 Å². The summed E-state index contributed by atoms with van der Waals surface area (Å²) in [5.74, 6) is 0.671. The first-order valence-electron chi connectivity index (χ1n) is 8.06. The van der Waals surface area contributed by atoms with Crippen molar-refractivity contribution in [2.45, 2.75) is 53.0 Å². The maximum atomic E-state index is 5.78. The second kappa shape index (κ2) is 7.87. The van der Waals surface area contributed by atoms with Crippen LogP contribution in [0.2, 0.25) is 0 Å². The summed E-state index contributed by atoms with van der Waals surface area (Å²) in [5, 5.41) is 3.45. The van der Waals surface area contributed by atoms with Crippen LogP contribution in [0.4, 0.5) is 0 Å². The molecule has 2 atom stereocenters. The number of nitrogens with zero attached hydrogens (tertiary/aromatic N) is 2. The van der Waals surface area contributed by atoms with E-state index >= 15 is 0 Å². The molecule has 0 amide bonds. The maximum Gasteiger partial charge on any atom is 0.0678 e. The number of rotatable bonds is 6. The maximum absolute atomic E-state index is 5.78. The normalized spacial score (nSPS) is 23.7. The Hall–Kier alpha value is -0.970. The molecular formula is C17H29N3O. The van der Waals surface area contributed by atoms with Crippen molar-refractivity contribution in [3.63, 3.8) is 0 Å². The van der Waals surface area contributed by atoms with E-state index in [1.165, 1.54) is 0 Å². The zero-order chi connectivity index (χ0) is 15.2. The van der Waals surface area contributed by atoms with Crippen LogP contribution in [-0.2, 0) is 17.8 Å². The van der Waals surface area contributed by atoms with Gasteiger partial charge in [-0.1, -0.05) is 19.9 Å². The minimum Gasteiger partial charge on any atom is -0.373 e. The van der Waals surface area contributed by atoms with E-state index < -0.39 is 0 Å². The number of hydrogen-bond acceptors (Lipinski definition) is 4. The summed E-state index contributed by atoms with van der Waals surface area (Å²) < 4.78 is 5.78. The Balaban J connectivity index is 1.88. The lowest BCUT2D eigenvalue weighted by atomic mass is 10.2. The van der Waals surface area contributed by atoms with Crippen molar-refractivity contribution in [1.82, 2.24) is 15.2 Å². The number of nitrogens with one attached hydrogen (secondary N) is 1. The molecule has 118 valence electrons. The first-order chi connectivity index (χ1) is 10.0. The summed E-state index contributed by atoms with van der Waals surface area (Å²) in [4.78, 5) is 7.21. The largest absolute Gasteiger partial charge is 0.373 e. The molecule has 1 aliphatic heterocycles. The lowest BCUT2D eigenvalue weighted by molar-refractivity contribution is -0.0707. The monoisotopic (exact) mass is 291 g/mol. The lowest BCUT2D eigenvalue weighted by Gasteiger charge is -2.35. The van der Waals surface area contributed by atoms with Crippen LogP contribution >= 0.6 is 0 Å². The van der Waals surface area contributed by atoms with Crippen LogP contribution in [0, 0.1) is 5.92 Å². The third-order valence-corrected chi connectivity index (χ3v) is 3.60. The van der Waals surface area contributed by atoms with Crippen LogP contribution in [-0.4, -0.2) is 41.7 Å². The van der Waals surface area contributed by atoms with Crippen molar-refractivity contribution >= 4 is 0 Å². The molecule has 4 heteroatoms. The first-order valence-corrected chi connectivity index (χ1v) is 8.06. The third-order valence-electron chi connectivity index (χ3n) is 3.60. The smallest absolute Gasteiger partial charge is 0.0678 e. The highest BCUT2D eigenvalue weighted by Gasteiger charge is 2.22. The molecule has 0 bridgehead atoms. The molecular weight excluding hydrogens is 262 g/mol. The van der Waals surface area contributed by atoms with Crippen molar-refractivity contribution in [1.29, 1.82) is 0 Å². The van der Waals surface area contributed by atoms with Gasteiger partial charge in [-0.05, 0) is 38.4 Å². The first kappa shape index (κ1) is 16.4. The van der Waals surface area contributed by atoms with Crippen molar-refractivity contribution in [3.05, 3.63) is 29.6 Å². The molecule has 2 heterocycles. The van der Waals surface area contributed by atoms with Gasteiger partial charge in [0.15, 0.2) is 0 Å². The van der Waals surface area contributed by atoms with Crippen LogP contribution in [0.15, 0.2) is 18.2 Å². The van der Waals surface area contributed by atoms with Gasteiger partial charge in [0.25, 0.3) is 0 Å². The molecule has 0 aliphatic carbocycles. The average Bonchev–Trinajstić information content (AvgIpc) is 2.37. The van der Waals surface area contributed by atoms with E-state index in [-0.39, 0.29) is 0 Å². The summed E-state index contributed by atoms with van der Waals surface area (Å²) in [6.45, 7) is 13.5. The summed E-state index contributed by atoms with van der Waals surface area (Å²) in [6.07, 6.45) is 0.620. The van der Waals surface area contributed by atoms with E-state index in [4.69, 9.17) is 9.72 Å². The minimum atomic E-state index is 0.310. The van der Waals surface area contributed by atoms with E-state index in [1.54, 1.807) is 0 Å². The molecule has 0 saturated carbocycles. The van der Waals surface area contributed by atoms with Crippen molar-refractivity contribution in [2.24, 2.45) is 5.92 Å². The van der Waals surface area contributed by atoms with E-state index in [9.17, 15) is 0 Å². The van der Waals surface area contributed by atoms with E-state index in [0.717, 1.165) is 44.1 Å². The Morgan fingerprint density at radius 1 is 1.24 bits per heavy atom. The molecule has 4 nitrogen and oxygen atoms in total. The second-order valence-corrected chi connectivity index (χ2v) is 6.60. The number of aromatic nitrogens is 1. The quantitative estimate of drug-likeness (QED) is 0.873.